The molecule has 1 aliphatic rings. The van der Waals surface area contributed by atoms with Crippen molar-refractivity contribution in [2.24, 2.45) is 0 Å². The van der Waals surface area contributed by atoms with Gasteiger partial charge in [-0.15, -0.1) is 0 Å². The van der Waals surface area contributed by atoms with Crippen LogP contribution in [0, 0.1) is 5.82 Å². The maximum atomic E-state index is 12.8. The SMILES string of the molecule is C[C@H](Cc1ccc(F)cc1)NC(=O)CNC[C@@H]1CCCO1. The van der Waals surface area contributed by atoms with Gasteiger partial charge >= 0.3 is 0 Å². The van der Waals surface area contributed by atoms with Crippen molar-refractivity contribution in [2.75, 3.05) is 19.7 Å². The number of rotatable bonds is 7. The minimum Gasteiger partial charge on any atom is -0.377 e. The van der Waals surface area contributed by atoms with E-state index in [1.54, 1.807) is 12.1 Å². The van der Waals surface area contributed by atoms with E-state index in [2.05, 4.69) is 10.6 Å². The number of carbonyl (C=O) groups excluding carboxylic acids is 1. The second-order valence-corrected chi connectivity index (χ2v) is 5.57. The molecule has 21 heavy (non-hydrogen) atoms. The predicted octanol–water partition coefficient (Wildman–Crippen LogP) is 1.64. The van der Waals surface area contributed by atoms with Crippen molar-refractivity contribution in [3.8, 4) is 0 Å². The van der Waals surface area contributed by atoms with E-state index in [0.29, 0.717) is 13.0 Å². The fourth-order valence-corrected chi connectivity index (χ4v) is 2.50. The van der Waals surface area contributed by atoms with Gasteiger partial charge in [0, 0.05) is 19.2 Å². The maximum Gasteiger partial charge on any atom is 0.234 e. The summed E-state index contributed by atoms with van der Waals surface area (Å²) in [7, 11) is 0. The molecule has 1 heterocycles. The van der Waals surface area contributed by atoms with E-state index in [4.69, 9.17) is 4.74 Å². The van der Waals surface area contributed by atoms with Crippen molar-refractivity contribution in [3.63, 3.8) is 0 Å². The van der Waals surface area contributed by atoms with Crippen LogP contribution in [-0.2, 0) is 16.0 Å². The first-order chi connectivity index (χ1) is 10.1. The van der Waals surface area contributed by atoms with Gasteiger partial charge in [-0.3, -0.25) is 4.79 Å². The molecule has 2 rings (SSSR count). The normalized spacial score (nSPS) is 19.4. The molecule has 5 heteroatoms. The molecule has 0 spiro atoms. The summed E-state index contributed by atoms with van der Waals surface area (Å²) in [5.74, 6) is -0.267. The second kappa shape index (κ2) is 8.10. The standard InChI is InChI=1S/C16H23FN2O2/c1-12(9-13-4-6-14(17)7-5-13)19-16(20)11-18-10-15-3-2-8-21-15/h4-7,12,15,18H,2-3,8-11H2,1H3,(H,19,20)/t12-,15+/m1/s1. The van der Waals surface area contributed by atoms with Crippen molar-refractivity contribution in [3.05, 3.63) is 35.6 Å². The van der Waals surface area contributed by atoms with E-state index >= 15 is 0 Å². The van der Waals surface area contributed by atoms with Gasteiger partial charge in [-0.05, 0) is 43.9 Å². The largest absolute Gasteiger partial charge is 0.377 e. The number of hydrogen-bond donors (Lipinski definition) is 2. The van der Waals surface area contributed by atoms with Gasteiger partial charge < -0.3 is 15.4 Å². The van der Waals surface area contributed by atoms with E-state index in [1.807, 2.05) is 6.92 Å². The highest BCUT2D eigenvalue weighted by Crippen LogP contribution is 2.10. The Morgan fingerprint density at radius 1 is 1.43 bits per heavy atom. The Morgan fingerprint density at radius 2 is 2.19 bits per heavy atom. The molecule has 0 bridgehead atoms. The number of nitrogens with one attached hydrogen (secondary N) is 2. The Balaban J connectivity index is 1.63. The highest BCUT2D eigenvalue weighted by Gasteiger charge is 2.15. The summed E-state index contributed by atoms with van der Waals surface area (Å²) in [6.45, 7) is 3.79. The number of amides is 1. The van der Waals surface area contributed by atoms with Crippen molar-refractivity contribution in [1.29, 1.82) is 0 Å². The highest BCUT2D eigenvalue weighted by molar-refractivity contribution is 5.78. The zero-order valence-corrected chi connectivity index (χ0v) is 12.4. The van der Waals surface area contributed by atoms with Crippen LogP contribution in [0.15, 0.2) is 24.3 Å². The molecule has 2 atom stereocenters. The molecule has 4 nitrogen and oxygen atoms in total. The third-order valence-electron chi connectivity index (χ3n) is 3.54. The molecule has 0 unspecified atom stereocenters. The van der Waals surface area contributed by atoms with Gasteiger partial charge in [-0.25, -0.2) is 4.39 Å². The van der Waals surface area contributed by atoms with E-state index in [-0.39, 0.29) is 23.9 Å². The van der Waals surface area contributed by atoms with Gasteiger partial charge in [0.15, 0.2) is 0 Å². The van der Waals surface area contributed by atoms with Crippen LogP contribution in [0.1, 0.15) is 25.3 Å². The number of hydrogen-bond acceptors (Lipinski definition) is 3. The molecule has 1 aliphatic heterocycles. The molecular formula is C16H23FN2O2. The summed E-state index contributed by atoms with van der Waals surface area (Å²) in [6.07, 6.45) is 3.11. The molecule has 1 aromatic carbocycles. The average molecular weight is 294 g/mol. The maximum absolute atomic E-state index is 12.8. The van der Waals surface area contributed by atoms with Crippen LogP contribution < -0.4 is 10.6 Å². The topological polar surface area (TPSA) is 50.4 Å². The van der Waals surface area contributed by atoms with Gasteiger partial charge in [0.2, 0.25) is 5.91 Å². The summed E-state index contributed by atoms with van der Waals surface area (Å²) in [6, 6.07) is 6.38. The van der Waals surface area contributed by atoms with Crippen LogP contribution in [0.5, 0.6) is 0 Å². The van der Waals surface area contributed by atoms with Crippen LogP contribution in [-0.4, -0.2) is 37.7 Å². The smallest absolute Gasteiger partial charge is 0.234 e. The molecule has 116 valence electrons. The lowest BCUT2D eigenvalue weighted by molar-refractivity contribution is -0.120. The Kier molecular flexibility index (Phi) is 6.14. The van der Waals surface area contributed by atoms with Crippen LogP contribution in [0.4, 0.5) is 4.39 Å². The Morgan fingerprint density at radius 3 is 2.86 bits per heavy atom. The predicted molar refractivity (Wildman–Crippen MR) is 79.6 cm³/mol. The fraction of sp³-hybridized carbons (Fsp3) is 0.562. The van der Waals surface area contributed by atoms with Crippen molar-refractivity contribution < 1.29 is 13.9 Å². The van der Waals surface area contributed by atoms with E-state index < -0.39 is 0 Å². The lowest BCUT2D eigenvalue weighted by Gasteiger charge is -2.15. The molecule has 1 amide bonds. The summed E-state index contributed by atoms with van der Waals surface area (Å²) < 4.78 is 18.3. The minimum absolute atomic E-state index is 0.0208. The molecule has 0 aromatic heterocycles. The Bertz CT molecular complexity index is 444. The number of carbonyl (C=O) groups is 1. The molecule has 0 saturated carbocycles. The fourth-order valence-electron chi connectivity index (χ4n) is 2.50. The molecular weight excluding hydrogens is 271 g/mol. The molecule has 0 aliphatic carbocycles. The Hall–Kier alpha value is -1.46. The van der Waals surface area contributed by atoms with E-state index in [1.165, 1.54) is 12.1 Å². The lowest BCUT2D eigenvalue weighted by Crippen LogP contribution is -2.41. The van der Waals surface area contributed by atoms with Crippen molar-refractivity contribution in [1.82, 2.24) is 10.6 Å². The van der Waals surface area contributed by atoms with Gasteiger partial charge in [-0.2, -0.15) is 0 Å². The molecule has 0 radical (unpaired) electrons. The number of ether oxygens (including phenoxy) is 1. The minimum atomic E-state index is -0.242. The summed E-state index contributed by atoms with van der Waals surface area (Å²) in [5, 5.41) is 6.05. The highest BCUT2D eigenvalue weighted by atomic mass is 19.1. The molecule has 1 saturated heterocycles. The van der Waals surface area contributed by atoms with Crippen molar-refractivity contribution in [2.45, 2.75) is 38.3 Å². The summed E-state index contributed by atoms with van der Waals surface area (Å²) >= 11 is 0. The quantitative estimate of drug-likeness (QED) is 0.804. The van der Waals surface area contributed by atoms with E-state index in [9.17, 15) is 9.18 Å². The van der Waals surface area contributed by atoms with E-state index in [0.717, 1.165) is 31.6 Å². The first kappa shape index (κ1) is 15.9. The summed E-state index contributed by atoms with van der Waals surface area (Å²) in [4.78, 5) is 11.8. The number of halogens is 1. The van der Waals surface area contributed by atoms with Crippen molar-refractivity contribution >= 4 is 5.91 Å². The van der Waals surface area contributed by atoms with Crippen LogP contribution in [0.3, 0.4) is 0 Å². The Labute approximate surface area is 125 Å². The second-order valence-electron chi connectivity index (χ2n) is 5.57. The molecule has 1 aromatic rings. The first-order valence-corrected chi connectivity index (χ1v) is 7.49. The first-order valence-electron chi connectivity index (χ1n) is 7.49. The monoisotopic (exact) mass is 294 g/mol. The van der Waals surface area contributed by atoms with Crippen LogP contribution >= 0.6 is 0 Å². The van der Waals surface area contributed by atoms with Gasteiger partial charge in [0.05, 0.1) is 12.6 Å². The zero-order chi connectivity index (χ0) is 15.1. The van der Waals surface area contributed by atoms with Gasteiger partial charge in [-0.1, -0.05) is 12.1 Å². The van der Waals surface area contributed by atoms with Gasteiger partial charge in [0.1, 0.15) is 5.82 Å². The zero-order valence-electron chi connectivity index (χ0n) is 12.4. The van der Waals surface area contributed by atoms with Gasteiger partial charge in [0.25, 0.3) is 0 Å². The molecule has 2 N–H and O–H groups in total. The average Bonchev–Trinajstić information content (AvgIpc) is 2.94. The third kappa shape index (κ3) is 5.81. The lowest BCUT2D eigenvalue weighted by atomic mass is 10.1. The summed E-state index contributed by atoms with van der Waals surface area (Å²) in [5.41, 5.74) is 1.01. The van der Waals surface area contributed by atoms with Crippen LogP contribution in [0.25, 0.3) is 0 Å². The third-order valence-corrected chi connectivity index (χ3v) is 3.54. The number of benzene rings is 1. The molecule has 1 fully saturated rings. The van der Waals surface area contributed by atoms with Crippen LogP contribution in [0.2, 0.25) is 0 Å².